The molecule has 0 saturated heterocycles. The fourth-order valence-electron chi connectivity index (χ4n) is 2.19. The van der Waals surface area contributed by atoms with Gasteiger partial charge >= 0.3 is 6.03 Å². The normalized spacial score (nSPS) is 10.6. The van der Waals surface area contributed by atoms with Gasteiger partial charge in [0.15, 0.2) is 0 Å². The van der Waals surface area contributed by atoms with E-state index in [2.05, 4.69) is 22.7 Å². The van der Waals surface area contributed by atoms with Gasteiger partial charge < -0.3 is 15.0 Å². The van der Waals surface area contributed by atoms with Gasteiger partial charge in [0, 0.05) is 31.9 Å². The van der Waals surface area contributed by atoms with Crippen LogP contribution in [0.3, 0.4) is 0 Å². The summed E-state index contributed by atoms with van der Waals surface area (Å²) in [7, 11) is 1.76. The Morgan fingerprint density at radius 3 is 2.83 bits per heavy atom. The van der Waals surface area contributed by atoms with Gasteiger partial charge in [0.2, 0.25) is 0 Å². The van der Waals surface area contributed by atoms with Gasteiger partial charge in [0.1, 0.15) is 5.82 Å². The van der Waals surface area contributed by atoms with Gasteiger partial charge in [-0.1, -0.05) is 13.3 Å². The van der Waals surface area contributed by atoms with Crippen LogP contribution in [0.1, 0.15) is 19.0 Å². The van der Waals surface area contributed by atoms with E-state index < -0.39 is 6.03 Å². The van der Waals surface area contributed by atoms with Gasteiger partial charge in [-0.3, -0.25) is 14.8 Å². The number of hydrogen-bond acceptors (Lipinski definition) is 4. The van der Waals surface area contributed by atoms with Crippen LogP contribution in [-0.4, -0.2) is 32.1 Å². The highest BCUT2D eigenvalue weighted by atomic mass is 16.3. The second-order valence-electron chi connectivity index (χ2n) is 5.15. The third-order valence-corrected chi connectivity index (χ3v) is 3.26. The molecule has 2 amide bonds. The Labute approximate surface area is 133 Å². The number of amides is 2. The molecule has 0 atom stereocenters. The zero-order chi connectivity index (χ0) is 16.8. The summed E-state index contributed by atoms with van der Waals surface area (Å²) in [6.07, 6.45) is 3.32. The first kappa shape index (κ1) is 16.8. The molecular formula is C15H21N5O3. The fraction of sp³-hybridized carbons (Fsp3) is 0.400. The zero-order valence-electron chi connectivity index (χ0n) is 13.2. The van der Waals surface area contributed by atoms with Crippen LogP contribution >= 0.6 is 0 Å². The molecule has 3 N–H and O–H groups in total. The first-order chi connectivity index (χ1) is 11.0. The number of pyridine rings is 1. The minimum Gasteiger partial charge on any atom is -0.395 e. The Balaban J connectivity index is 2.05. The maximum atomic E-state index is 12.1. The summed E-state index contributed by atoms with van der Waals surface area (Å²) >= 11 is 0. The van der Waals surface area contributed by atoms with E-state index >= 15 is 0 Å². The number of aromatic nitrogens is 3. The van der Waals surface area contributed by atoms with Gasteiger partial charge in [-0.2, -0.15) is 5.10 Å². The molecule has 0 saturated carbocycles. The third kappa shape index (κ3) is 4.43. The van der Waals surface area contributed by atoms with E-state index in [1.165, 1.54) is 22.9 Å². The molecule has 0 spiro atoms. The topological polar surface area (TPSA) is 101 Å². The largest absolute Gasteiger partial charge is 0.395 e. The highest BCUT2D eigenvalue weighted by Crippen LogP contribution is 2.11. The van der Waals surface area contributed by atoms with Crippen molar-refractivity contribution in [2.24, 2.45) is 7.05 Å². The van der Waals surface area contributed by atoms with E-state index in [9.17, 15) is 9.59 Å². The summed E-state index contributed by atoms with van der Waals surface area (Å²) in [6.45, 7) is 2.10. The van der Waals surface area contributed by atoms with Crippen LogP contribution in [0.15, 0.2) is 29.2 Å². The van der Waals surface area contributed by atoms with E-state index in [1.54, 1.807) is 11.7 Å². The van der Waals surface area contributed by atoms with E-state index in [0.29, 0.717) is 11.5 Å². The van der Waals surface area contributed by atoms with Crippen molar-refractivity contribution in [1.82, 2.24) is 14.3 Å². The molecule has 2 aromatic heterocycles. The van der Waals surface area contributed by atoms with Crippen LogP contribution in [-0.2, 0) is 20.0 Å². The Kier molecular flexibility index (Phi) is 5.53. The van der Waals surface area contributed by atoms with Crippen LogP contribution in [0.2, 0.25) is 0 Å². The van der Waals surface area contributed by atoms with Crippen molar-refractivity contribution in [3.8, 4) is 0 Å². The summed E-state index contributed by atoms with van der Waals surface area (Å²) < 4.78 is 2.94. The predicted molar refractivity (Wildman–Crippen MR) is 87.6 cm³/mol. The van der Waals surface area contributed by atoms with Gasteiger partial charge in [0.25, 0.3) is 5.56 Å². The summed E-state index contributed by atoms with van der Waals surface area (Å²) in [4.78, 5) is 23.6. The van der Waals surface area contributed by atoms with Gasteiger partial charge in [-0.25, -0.2) is 4.79 Å². The molecule has 2 heterocycles. The Morgan fingerprint density at radius 2 is 2.13 bits per heavy atom. The van der Waals surface area contributed by atoms with Crippen molar-refractivity contribution in [1.29, 1.82) is 0 Å². The van der Waals surface area contributed by atoms with Crippen molar-refractivity contribution in [2.45, 2.75) is 26.3 Å². The molecule has 0 fully saturated rings. The molecule has 2 rings (SSSR count). The lowest BCUT2D eigenvalue weighted by Crippen LogP contribution is -2.24. The molecule has 23 heavy (non-hydrogen) atoms. The van der Waals surface area contributed by atoms with E-state index in [4.69, 9.17) is 5.11 Å². The number of rotatable bonds is 6. The minimum atomic E-state index is -0.426. The lowest BCUT2D eigenvalue weighted by Gasteiger charge is -2.09. The summed E-state index contributed by atoms with van der Waals surface area (Å²) in [6, 6.07) is 4.26. The van der Waals surface area contributed by atoms with E-state index in [0.717, 1.165) is 18.5 Å². The first-order valence-electron chi connectivity index (χ1n) is 7.45. The smallest absolute Gasteiger partial charge is 0.324 e. The van der Waals surface area contributed by atoms with Crippen LogP contribution in [0.4, 0.5) is 16.3 Å². The standard InChI is InChI=1S/C15H21N5O3/c1-3-4-11-9-13(19(2)18-11)17-15(23)16-12-5-6-14(22)20(10-12)7-8-21/h5-6,9-10,21H,3-4,7-8H2,1-2H3,(H2,16,17,23). The van der Waals surface area contributed by atoms with Crippen LogP contribution in [0.25, 0.3) is 0 Å². The molecule has 0 radical (unpaired) electrons. The molecule has 8 heteroatoms. The highest BCUT2D eigenvalue weighted by Gasteiger charge is 2.09. The predicted octanol–water partition coefficient (Wildman–Crippen LogP) is 1.17. The Bertz CT molecular complexity index is 735. The summed E-state index contributed by atoms with van der Waals surface area (Å²) in [5.74, 6) is 0.592. The molecule has 0 aliphatic rings. The van der Waals surface area contributed by atoms with Gasteiger partial charge in [0.05, 0.1) is 18.0 Å². The maximum absolute atomic E-state index is 12.1. The Morgan fingerprint density at radius 1 is 1.35 bits per heavy atom. The molecule has 0 aliphatic carbocycles. The number of nitrogens with one attached hydrogen (secondary N) is 2. The van der Waals surface area contributed by atoms with Crippen LogP contribution < -0.4 is 16.2 Å². The maximum Gasteiger partial charge on any atom is 0.324 e. The molecule has 8 nitrogen and oxygen atoms in total. The molecule has 0 aliphatic heterocycles. The number of anilines is 2. The number of nitrogens with zero attached hydrogens (tertiary/aromatic N) is 3. The average molecular weight is 319 g/mol. The van der Waals surface area contributed by atoms with Crippen molar-refractivity contribution in [2.75, 3.05) is 17.2 Å². The number of carbonyl (C=O) groups excluding carboxylic acids is 1. The minimum absolute atomic E-state index is 0.148. The van der Waals surface area contributed by atoms with Crippen molar-refractivity contribution < 1.29 is 9.90 Å². The monoisotopic (exact) mass is 319 g/mol. The molecule has 124 valence electrons. The number of urea groups is 1. The first-order valence-corrected chi connectivity index (χ1v) is 7.45. The zero-order valence-corrected chi connectivity index (χ0v) is 13.2. The van der Waals surface area contributed by atoms with Crippen LogP contribution in [0, 0.1) is 0 Å². The Hall–Kier alpha value is -2.61. The number of aliphatic hydroxyl groups excluding tert-OH is 1. The lowest BCUT2D eigenvalue weighted by atomic mass is 10.2. The van der Waals surface area contributed by atoms with Gasteiger partial charge in [-0.15, -0.1) is 0 Å². The van der Waals surface area contributed by atoms with Crippen LogP contribution in [0.5, 0.6) is 0 Å². The molecular weight excluding hydrogens is 298 g/mol. The third-order valence-electron chi connectivity index (χ3n) is 3.26. The second kappa shape index (κ2) is 7.59. The summed E-state index contributed by atoms with van der Waals surface area (Å²) in [5, 5.41) is 18.6. The van der Waals surface area contributed by atoms with Crippen molar-refractivity contribution in [3.63, 3.8) is 0 Å². The molecule has 2 aromatic rings. The number of aliphatic hydroxyl groups is 1. The van der Waals surface area contributed by atoms with Crippen molar-refractivity contribution >= 4 is 17.5 Å². The summed E-state index contributed by atoms with van der Waals surface area (Å²) in [5.41, 5.74) is 1.15. The lowest BCUT2D eigenvalue weighted by molar-refractivity contribution is 0.262. The number of carbonyl (C=O) groups is 1. The number of hydrogen-bond donors (Lipinski definition) is 3. The molecule has 0 unspecified atom stereocenters. The SMILES string of the molecule is CCCc1cc(NC(=O)Nc2ccc(=O)n(CCO)c2)n(C)n1. The second-order valence-corrected chi connectivity index (χ2v) is 5.15. The molecule has 0 aromatic carbocycles. The van der Waals surface area contributed by atoms with E-state index in [1.807, 2.05) is 6.07 Å². The fourth-order valence-corrected chi connectivity index (χ4v) is 2.19. The average Bonchev–Trinajstić information content (AvgIpc) is 2.83. The van der Waals surface area contributed by atoms with E-state index in [-0.39, 0.29) is 18.7 Å². The highest BCUT2D eigenvalue weighted by molar-refractivity contribution is 5.99. The number of aryl methyl sites for hydroxylation is 2. The quantitative estimate of drug-likeness (QED) is 0.744. The van der Waals surface area contributed by atoms with Crippen molar-refractivity contribution in [3.05, 3.63) is 40.4 Å². The van der Waals surface area contributed by atoms with Gasteiger partial charge in [-0.05, 0) is 12.5 Å². The molecule has 0 bridgehead atoms.